The fourth-order valence-electron chi connectivity index (χ4n) is 2.68. The first-order chi connectivity index (χ1) is 11.8. The molecule has 0 unspecified atom stereocenters. The Balaban J connectivity index is 2.25. The molecule has 7 heteroatoms. The summed E-state index contributed by atoms with van der Waals surface area (Å²) in [5, 5.41) is 2.57. The maximum absolute atomic E-state index is 12.3. The number of nitrogens with zero attached hydrogens (tertiary/aromatic N) is 2. The van der Waals surface area contributed by atoms with Crippen LogP contribution in [-0.4, -0.2) is 29.7 Å². The van der Waals surface area contributed by atoms with Gasteiger partial charge in [-0.1, -0.05) is 17.7 Å². The van der Waals surface area contributed by atoms with Crippen LogP contribution in [0.2, 0.25) is 0 Å². The first kappa shape index (κ1) is 19.5. The molecule has 134 valence electrons. The second-order valence-corrected chi connectivity index (χ2v) is 7.61. The molecule has 0 radical (unpaired) electrons. The molecule has 0 saturated heterocycles. The number of aromatic nitrogens is 1. The summed E-state index contributed by atoms with van der Waals surface area (Å²) in [6.07, 6.45) is 0. The molecule has 25 heavy (non-hydrogen) atoms. The number of ether oxygens (including phenoxy) is 1. The maximum Gasteiger partial charge on any atom is 0.315 e. The van der Waals surface area contributed by atoms with Crippen molar-refractivity contribution in [2.75, 3.05) is 17.8 Å². The molecule has 1 aromatic carbocycles. The lowest BCUT2D eigenvalue weighted by atomic mass is 10.0. The van der Waals surface area contributed by atoms with E-state index in [2.05, 4.69) is 21.9 Å². The Morgan fingerprint density at radius 2 is 1.88 bits per heavy atom. The van der Waals surface area contributed by atoms with Crippen LogP contribution in [0.5, 0.6) is 0 Å². The standard InChI is InChI=1S/C18H22N2O3S2/c1-11-6-12(2)17(13(3)7-11)20(14(4)21)18-19-15(9-25-18)8-24-10-16(22)23-5/h6-7,9H,8,10H2,1-5H3. The summed E-state index contributed by atoms with van der Waals surface area (Å²) in [4.78, 5) is 29.7. The molecule has 0 fully saturated rings. The molecule has 1 aromatic heterocycles. The molecule has 0 N–H and O–H groups in total. The highest BCUT2D eigenvalue weighted by molar-refractivity contribution is 7.99. The average molecular weight is 379 g/mol. The summed E-state index contributed by atoms with van der Waals surface area (Å²) in [5.74, 6) is 0.564. The van der Waals surface area contributed by atoms with E-state index < -0.39 is 0 Å². The van der Waals surface area contributed by atoms with Gasteiger partial charge in [0.05, 0.1) is 24.2 Å². The van der Waals surface area contributed by atoms with E-state index in [0.717, 1.165) is 22.5 Å². The number of methoxy groups -OCH3 is 1. The van der Waals surface area contributed by atoms with Crippen LogP contribution in [0.15, 0.2) is 17.5 Å². The van der Waals surface area contributed by atoms with E-state index in [4.69, 9.17) is 0 Å². The number of amides is 1. The molecular formula is C18H22N2O3S2. The van der Waals surface area contributed by atoms with Crippen molar-refractivity contribution in [3.8, 4) is 0 Å². The number of aryl methyl sites for hydroxylation is 3. The Morgan fingerprint density at radius 1 is 1.24 bits per heavy atom. The zero-order valence-electron chi connectivity index (χ0n) is 15.1. The molecule has 0 bridgehead atoms. The van der Waals surface area contributed by atoms with E-state index in [1.807, 2.05) is 26.2 Å². The second kappa shape index (κ2) is 8.49. The quantitative estimate of drug-likeness (QED) is 0.707. The summed E-state index contributed by atoms with van der Waals surface area (Å²) >= 11 is 2.87. The Bertz CT molecular complexity index is 763. The van der Waals surface area contributed by atoms with E-state index in [1.165, 1.54) is 35.8 Å². The number of anilines is 2. The molecule has 0 saturated carbocycles. The number of rotatable bonds is 6. The predicted molar refractivity (Wildman–Crippen MR) is 104 cm³/mol. The van der Waals surface area contributed by atoms with Crippen molar-refractivity contribution >= 4 is 45.8 Å². The maximum atomic E-state index is 12.3. The van der Waals surface area contributed by atoms with Gasteiger partial charge in [0.25, 0.3) is 0 Å². The normalized spacial score (nSPS) is 10.6. The van der Waals surface area contributed by atoms with Gasteiger partial charge in [0.15, 0.2) is 5.13 Å². The number of carbonyl (C=O) groups excluding carboxylic acids is 2. The van der Waals surface area contributed by atoms with Gasteiger partial charge in [-0.3, -0.25) is 14.5 Å². The molecular weight excluding hydrogens is 356 g/mol. The zero-order chi connectivity index (χ0) is 18.6. The number of hydrogen-bond acceptors (Lipinski definition) is 6. The van der Waals surface area contributed by atoms with Crippen LogP contribution in [-0.2, 0) is 20.1 Å². The molecule has 0 aliphatic rings. The third-order valence-corrected chi connectivity index (χ3v) is 5.42. The minimum absolute atomic E-state index is 0.0711. The fourth-order valence-corrected chi connectivity index (χ4v) is 4.40. The largest absolute Gasteiger partial charge is 0.468 e. The van der Waals surface area contributed by atoms with E-state index in [-0.39, 0.29) is 17.6 Å². The van der Waals surface area contributed by atoms with Crippen LogP contribution >= 0.6 is 23.1 Å². The summed E-state index contributed by atoms with van der Waals surface area (Å²) in [5.41, 5.74) is 5.00. The minimum Gasteiger partial charge on any atom is -0.468 e. The van der Waals surface area contributed by atoms with Gasteiger partial charge in [-0.25, -0.2) is 4.98 Å². The number of benzene rings is 1. The third-order valence-electron chi connectivity index (χ3n) is 3.60. The van der Waals surface area contributed by atoms with Crippen molar-refractivity contribution in [3.63, 3.8) is 0 Å². The van der Waals surface area contributed by atoms with Crippen LogP contribution in [0.3, 0.4) is 0 Å². The van der Waals surface area contributed by atoms with Gasteiger partial charge in [0, 0.05) is 18.1 Å². The third kappa shape index (κ3) is 4.83. The number of thiazole rings is 1. The van der Waals surface area contributed by atoms with Gasteiger partial charge in [-0.15, -0.1) is 23.1 Å². The Labute approximate surface area is 156 Å². The number of carbonyl (C=O) groups is 2. The minimum atomic E-state index is -0.253. The van der Waals surface area contributed by atoms with Gasteiger partial charge in [-0.2, -0.15) is 0 Å². The Kier molecular flexibility index (Phi) is 6.61. The highest BCUT2D eigenvalue weighted by atomic mass is 32.2. The molecule has 2 rings (SSSR count). The second-order valence-electron chi connectivity index (χ2n) is 5.79. The molecule has 0 aliphatic heterocycles. The predicted octanol–water partition coefficient (Wildman–Crippen LogP) is 4.16. The topological polar surface area (TPSA) is 59.5 Å². The van der Waals surface area contributed by atoms with Gasteiger partial charge in [0.1, 0.15) is 0 Å². The highest BCUT2D eigenvalue weighted by Crippen LogP contribution is 2.35. The molecule has 0 atom stereocenters. The Hall–Kier alpha value is -1.86. The Morgan fingerprint density at radius 3 is 2.44 bits per heavy atom. The molecule has 0 spiro atoms. The molecule has 1 amide bonds. The van der Waals surface area contributed by atoms with E-state index in [1.54, 1.807) is 11.8 Å². The van der Waals surface area contributed by atoms with Gasteiger partial charge >= 0.3 is 5.97 Å². The van der Waals surface area contributed by atoms with Crippen molar-refractivity contribution < 1.29 is 14.3 Å². The summed E-state index contributed by atoms with van der Waals surface area (Å²) < 4.78 is 4.63. The van der Waals surface area contributed by atoms with Gasteiger partial charge < -0.3 is 4.74 Å². The number of hydrogen-bond donors (Lipinski definition) is 0. The lowest BCUT2D eigenvalue weighted by Crippen LogP contribution is -2.24. The monoisotopic (exact) mass is 378 g/mol. The van der Waals surface area contributed by atoms with E-state index >= 15 is 0 Å². The summed E-state index contributed by atoms with van der Waals surface area (Å²) in [7, 11) is 1.38. The molecule has 0 aliphatic carbocycles. The first-order valence-electron chi connectivity index (χ1n) is 7.81. The lowest BCUT2D eigenvalue weighted by molar-refractivity contribution is -0.137. The van der Waals surface area contributed by atoms with E-state index in [9.17, 15) is 9.59 Å². The molecule has 1 heterocycles. The average Bonchev–Trinajstić information content (AvgIpc) is 2.98. The van der Waals surface area contributed by atoms with Gasteiger partial charge in [-0.05, 0) is 31.9 Å². The van der Waals surface area contributed by atoms with Crippen LogP contribution in [0.25, 0.3) is 0 Å². The fraction of sp³-hybridized carbons (Fsp3) is 0.389. The smallest absolute Gasteiger partial charge is 0.315 e. The zero-order valence-corrected chi connectivity index (χ0v) is 16.7. The summed E-state index contributed by atoms with van der Waals surface area (Å²) in [6.45, 7) is 7.60. The molecule has 5 nitrogen and oxygen atoms in total. The summed E-state index contributed by atoms with van der Waals surface area (Å²) in [6, 6.07) is 4.14. The van der Waals surface area contributed by atoms with E-state index in [0.29, 0.717) is 10.9 Å². The van der Waals surface area contributed by atoms with Crippen molar-refractivity contribution in [1.82, 2.24) is 4.98 Å². The molecule has 2 aromatic rings. The van der Waals surface area contributed by atoms with Crippen molar-refractivity contribution in [3.05, 3.63) is 39.9 Å². The van der Waals surface area contributed by atoms with Gasteiger partial charge in [0.2, 0.25) is 5.91 Å². The van der Waals surface area contributed by atoms with Crippen LogP contribution < -0.4 is 4.90 Å². The van der Waals surface area contributed by atoms with Crippen LogP contribution in [0.1, 0.15) is 29.3 Å². The van der Waals surface area contributed by atoms with Crippen molar-refractivity contribution in [2.45, 2.75) is 33.4 Å². The first-order valence-corrected chi connectivity index (χ1v) is 9.84. The van der Waals surface area contributed by atoms with Crippen molar-refractivity contribution in [1.29, 1.82) is 0 Å². The SMILES string of the molecule is COC(=O)CSCc1csc(N(C(C)=O)c2c(C)cc(C)cc2C)n1. The van der Waals surface area contributed by atoms with Crippen molar-refractivity contribution in [2.24, 2.45) is 0 Å². The lowest BCUT2D eigenvalue weighted by Gasteiger charge is -2.23. The van der Waals surface area contributed by atoms with Crippen LogP contribution in [0, 0.1) is 20.8 Å². The number of esters is 1. The van der Waals surface area contributed by atoms with Crippen LogP contribution in [0.4, 0.5) is 10.8 Å². The highest BCUT2D eigenvalue weighted by Gasteiger charge is 2.21. The number of thioether (sulfide) groups is 1.